The van der Waals surface area contributed by atoms with E-state index in [1.165, 1.54) is 0 Å². The van der Waals surface area contributed by atoms with Crippen molar-refractivity contribution in [2.45, 2.75) is 6.42 Å². The van der Waals surface area contributed by atoms with Crippen molar-refractivity contribution in [2.24, 2.45) is 0 Å². The second kappa shape index (κ2) is 6.98. The predicted octanol–water partition coefficient (Wildman–Crippen LogP) is 5.66. The lowest BCUT2D eigenvalue weighted by molar-refractivity contribution is 0.883. The highest BCUT2D eigenvalue weighted by Crippen LogP contribution is 2.27. The number of nitrogens with one attached hydrogen (secondary N) is 1. The summed E-state index contributed by atoms with van der Waals surface area (Å²) < 4.78 is 1.92. The molecular weight excluding hydrogens is 368 g/mol. The maximum absolute atomic E-state index is 6.07. The number of nitrogens with zero attached hydrogens (tertiary/aromatic N) is 3. The fraction of sp³-hybridized carbons (Fsp3) is 0.0435. The summed E-state index contributed by atoms with van der Waals surface area (Å²) in [6.07, 6.45) is 2.74. The van der Waals surface area contributed by atoms with Gasteiger partial charge >= 0.3 is 0 Å². The van der Waals surface area contributed by atoms with Gasteiger partial charge in [-0.05, 0) is 36.4 Å². The number of hydrogen-bond donors (Lipinski definition) is 1. The Kier molecular flexibility index (Phi) is 4.18. The van der Waals surface area contributed by atoms with Crippen molar-refractivity contribution >= 4 is 22.6 Å². The molecule has 2 heterocycles. The molecule has 0 spiro atoms. The van der Waals surface area contributed by atoms with Gasteiger partial charge in [0.15, 0.2) is 0 Å². The van der Waals surface area contributed by atoms with E-state index in [9.17, 15) is 0 Å². The molecule has 0 aliphatic rings. The van der Waals surface area contributed by atoms with E-state index in [0.717, 1.165) is 39.4 Å². The van der Waals surface area contributed by atoms with Crippen LogP contribution < -0.4 is 0 Å². The molecule has 0 amide bonds. The lowest BCUT2D eigenvalue weighted by Crippen LogP contribution is -1.93. The number of aromatic nitrogens is 4. The van der Waals surface area contributed by atoms with Gasteiger partial charge in [0, 0.05) is 28.8 Å². The van der Waals surface area contributed by atoms with Gasteiger partial charge in [-0.15, -0.1) is 0 Å². The van der Waals surface area contributed by atoms with Gasteiger partial charge in [0.25, 0.3) is 0 Å². The average molecular weight is 385 g/mol. The van der Waals surface area contributed by atoms with Crippen molar-refractivity contribution < 1.29 is 0 Å². The van der Waals surface area contributed by atoms with Gasteiger partial charge < -0.3 is 4.98 Å². The molecule has 0 aliphatic carbocycles. The zero-order chi connectivity index (χ0) is 18.9. The van der Waals surface area contributed by atoms with Crippen LogP contribution in [-0.2, 0) is 6.42 Å². The third kappa shape index (κ3) is 3.19. The SMILES string of the molecule is Clc1ccc(-c2nn(-c3ccccc3)cc2Cc2nc3ccccc3[nH]2)cc1. The molecule has 5 rings (SSSR count). The fourth-order valence-electron chi connectivity index (χ4n) is 3.37. The molecule has 136 valence electrons. The van der Waals surface area contributed by atoms with E-state index in [4.69, 9.17) is 21.7 Å². The molecule has 0 radical (unpaired) electrons. The average Bonchev–Trinajstić information content (AvgIpc) is 3.33. The van der Waals surface area contributed by atoms with E-state index < -0.39 is 0 Å². The topological polar surface area (TPSA) is 46.5 Å². The standard InChI is InChI=1S/C23H17ClN4/c24-18-12-10-16(11-13-18)23-17(15-28(27-23)19-6-2-1-3-7-19)14-22-25-20-8-4-5-9-21(20)26-22/h1-13,15H,14H2,(H,25,26). The molecule has 5 aromatic rings. The normalized spacial score (nSPS) is 11.2. The van der Waals surface area contributed by atoms with Crippen molar-refractivity contribution in [3.8, 4) is 16.9 Å². The van der Waals surface area contributed by atoms with Crippen molar-refractivity contribution in [1.82, 2.24) is 19.7 Å². The van der Waals surface area contributed by atoms with Gasteiger partial charge in [0.05, 0.1) is 22.4 Å². The van der Waals surface area contributed by atoms with Crippen LogP contribution >= 0.6 is 11.6 Å². The molecule has 0 saturated carbocycles. The zero-order valence-corrected chi connectivity index (χ0v) is 15.8. The first-order valence-corrected chi connectivity index (χ1v) is 9.47. The minimum atomic E-state index is 0.666. The van der Waals surface area contributed by atoms with Crippen LogP contribution in [0.3, 0.4) is 0 Å². The van der Waals surface area contributed by atoms with Crippen LogP contribution in [0.25, 0.3) is 28.0 Å². The molecule has 5 heteroatoms. The maximum atomic E-state index is 6.07. The summed E-state index contributed by atoms with van der Waals surface area (Å²) in [6.45, 7) is 0. The third-order valence-corrected chi connectivity index (χ3v) is 4.98. The zero-order valence-electron chi connectivity index (χ0n) is 15.0. The molecule has 0 unspecified atom stereocenters. The quantitative estimate of drug-likeness (QED) is 0.434. The van der Waals surface area contributed by atoms with E-state index in [1.807, 2.05) is 83.5 Å². The van der Waals surface area contributed by atoms with Gasteiger partial charge in [-0.1, -0.05) is 54.1 Å². The third-order valence-electron chi connectivity index (χ3n) is 4.72. The number of rotatable bonds is 4. The predicted molar refractivity (Wildman–Crippen MR) is 113 cm³/mol. The molecule has 4 nitrogen and oxygen atoms in total. The molecule has 0 aliphatic heterocycles. The Hall–Kier alpha value is -3.37. The van der Waals surface area contributed by atoms with Crippen molar-refractivity contribution in [3.63, 3.8) is 0 Å². The molecule has 0 fully saturated rings. The van der Waals surface area contributed by atoms with E-state index in [1.54, 1.807) is 0 Å². The lowest BCUT2D eigenvalue weighted by Gasteiger charge is -2.01. The Morgan fingerprint density at radius 3 is 2.39 bits per heavy atom. The molecule has 2 aromatic heterocycles. The Morgan fingerprint density at radius 1 is 0.857 bits per heavy atom. The number of hydrogen-bond acceptors (Lipinski definition) is 2. The molecule has 1 N–H and O–H groups in total. The number of para-hydroxylation sites is 3. The van der Waals surface area contributed by atoms with Crippen molar-refractivity contribution in [3.05, 3.63) is 101 Å². The second-order valence-electron chi connectivity index (χ2n) is 6.67. The Balaban J connectivity index is 1.60. The summed E-state index contributed by atoms with van der Waals surface area (Å²) in [6, 6.07) is 26.0. The second-order valence-corrected chi connectivity index (χ2v) is 7.10. The van der Waals surface area contributed by atoms with E-state index >= 15 is 0 Å². The first kappa shape index (κ1) is 16.8. The molecular formula is C23H17ClN4. The number of benzene rings is 3. The first-order valence-electron chi connectivity index (χ1n) is 9.10. The first-order chi connectivity index (χ1) is 13.8. The van der Waals surface area contributed by atoms with Crippen LogP contribution in [0.1, 0.15) is 11.4 Å². The number of halogens is 1. The highest BCUT2D eigenvalue weighted by Gasteiger charge is 2.14. The van der Waals surface area contributed by atoms with Gasteiger partial charge in [0.1, 0.15) is 5.82 Å². The summed E-state index contributed by atoms with van der Waals surface area (Å²) in [7, 11) is 0. The highest BCUT2D eigenvalue weighted by atomic mass is 35.5. The summed E-state index contributed by atoms with van der Waals surface area (Å²) in [5.74, 6) is 0.920. The molecule has 3 aromatic carbocycles. The van der Waals surface area contributed by atoms with Crippen molar-refractivity contribution in [2.75, 3.05) is 0 Å². The number of H-pyrrole nitrogens is 1. The molecule has 28 heavy (non-hydrogen) atoms. The van der Waals surface area contributed by atoms with E-state index in [-0.39, 0.29) is 0 Å². The Bertz CT molecular complexity index is 1200. The summed E-state index contributed by atoms with van der Waals surface area (Å²) in [5.41, 5.74) is 6.10. The minimum absolute atomic E-state index is 0.666. The van der Waals surface area contributed by atoms with E-state index in [2.05, 4.69) is 11.2 Å². The monoisotopic (exact) mass is 384 g/mol. The van der Waals surface area contributed by atoms with Crippen LogP contribution in [0, 0.1) is 0 Å². The van der Waals surface area contributed by atoms with Gasteiger partial charge in [0.2, 0.25) is 0 Å². The Labute approximate surface area is 167 Å². The minimum Gasteiger partial charge on any atom is -0.342 e. The van der Waals surface area contributed by atoms with Crippen LogP contribution in [0.2, 0.25) is 5.02 Å². The molecule has 0 saturated heterocycles. The van der Waals surface area contributed by atoms with Gasteiger partial charge in [-0.3, -0.25) is 0 Å². The fourth-order valence-corrected chi connectivity index (χ4v) is 3.50. The molecule has 0 atom stereocenters. The van der Waals surface area contributed by atoms with Crippen LogP contribution in [-0.4, -0.2) is 19.7 Å². The molecule has 0 bridgehead atoms. The summed E-state index contributed by atoms with van der Waals surface area (Å²) >= 11 is 6.07. The highest BCUT2D eigenvalue weighted by molar-refractivity contribution is 6.30. The van der Waals surface area contributed by atoms with Gasteiger partial charge in [-0.25, -0.2) is 9.67 Å². The van der Waals surface area contributed by atoms with Crippen molar-refractivity contribution in [1.29, 1.82) is 0 Å². The van der Waals surface area contributed by atoms with Crippen LogP contribution in [0.15, 0.2) is 85.1 Å². The number of fused-ring (bicyclic) bond motifs is 1. The summed E-state index contributed by atoms with van der Waals surface area (Å²) in [5, 5.41) is 5.58. The van der Waals surface area contributed by atoms with E-state index in [0.29, 0.717) is 11.4 Å². The van der Waals surface area contributed by atoms with Crippen LogP contribution in [0.5, 0.6) is 0 Å². The summed E-state index contributed by atoms with van der Waals surface area (Å²) in [4.78, 5) is 8.14. The van der Waals surface area contributed by atoms with Gasteiger partial charge in [-0.2, -0.15) is 5.10 Å². The maximum Gasteiger partial charge on any atom is 0.111 e. The van der Waals surface area contributed by atoms with Crippen LogP contribution in [0.4, 0.5) is 0 Å². The lowest BCUT2D eigenvalue weighted by atomic mass is 10.1. The Morgan fingerprint density at radius 2 is 1.61 bits per heavy atom. The smallest absolute Gasteiger partial charge is 0.111 e. The number of imidazole rings is 1. The number of aromatic amines is 1. The largest absolute Gasteiger partial charge is 0.342 e.